The predicted molar refractivity (Wildman–Crippen MR) is 70.5 cm³/mol. The standard InChI is InChI=1S/C12H15BrN2O4/c1-12(2,3)6-19-11(18)8(10(16)17)9-14-4-7(13)5-15-9/h4-5,8H,6H2,1-3H3,(H,16,17). The van der Waals surface area contributed by atoms with Crippen LogP contribution < -0.4 is 0 Å². The van der Waals surface area contributed by atoms with Gasteiger partial charge in [-0.1, -0.05) is 20.8 Å². The fourth-order valence-electron chi connectivity index (χ4n) is 1.16. The minimum absolute atomic E-state index is 0.0883. The highest BCUT2D eigenvalue weighted by molar-refractivity contribution is 9.10. The second-order valence-electron chi connectivity index (χ2n) is 5.20. The lowest BCUT2D eigenvalue weighted by atomic mass is 9.98. The number of aliphatic carboxylic acids is 1. The molecule has 1 heterocycles. The summed E-state index contributed by atoms with van der Waals surface area (Å²) in [6.07, 6.45) is 2.77. The summed E-state index contributed by atoms with van der Waals surface area (Å²) in [5.74, 6) is -3.78. The number of carbonyl (C=O) groups is 2. The maximum Gasteiger partial charge on any atom is 0.328 e. The van der Waals surface area contributed by atoms with Crippen LogP contribution >= 0.6 is 15.9 Å². The molecule has 1 aromatic heterocycles. The van der Waals surface area contributed by atoms with Gasteiger partial charge in [0.05, 0.1) is 11.1 Å². The van der Waals surface area contributed by atoms with Crippen LogP contribution in [0.3, 0.4) is 0 Å². The zero-order chi connectivity index (χ0) is 14.6. The zero-order valence-electron chi connectivity index (χ0n) is 10.9. The van der Waals surface area contributed by atoms with E-state index in [0.717, 1.165) is 0 Å². The van der Waals surface area contributed by atoms with Crippen molar-refractivity contribution in [1.29, 1.82) is 0 Å². The third-order valence-corrected chi connectivity index (χ3v) is 2.44. The summed E-state index contributed by atoms with van der Waals surface area (Å²) in [7, 11) is 0. The minimum Gasteiger partial charge on any atom is -0.480 e. The predicted octanol–water partition coefficient (Wildman–Crippen LogP) is 2.00. The Morgan fingerprint density at radius 3 is 2.32 bits per heavy atom. The van der Waals surface area contributed by atoms with Crippen LogP contribution in [0.4, 0.5) is 0 Å². The summed E-state index contributed by atoms with van der Waals surface area (Å²) < 4.78 is 5.60. The molecule has 0 spiro atoms. The van der Waals surface area contributed by atoms with E-state index in [9.17, 15) is 9.59 Å². The van der Waals surface area contributed by atoms with Crippen molar-refractivity contribution < 1.29 is 19.4 Å². The number of ether oxygens (including phenoxy) is 1. The van der Waals surface area contributed by atoms with Crippen molar-refractivity contribution in [3.05, 3.63) is 22.7 Å². The smallest absolute Gasteiger partial charge is 0.328 e. The molecule has 0 bridgehead atoms. The molecule has 0 fully saturated rings. The van der Waals surface area contributed by atoms with Gasteiger partial charge in [-0.15, -0.1) is 0 Å². The summed E-state index contributed by atoms with van der Waals surface area (Å²) in [5, 5.41) is 9.10. The van der Waals surface area contributed by atoms with Crippen LogP contribution in [0.25, 0.3) is 0 Å². The fourth-order valence-corrected chi connectivity index (χ4v) is 1.36. The fraction of sp³-hybridized carbons (Fsp3) is 0.500. The molecule has 1 atom stereocenters. The highest BCUT2D eigenvalue weighted by Crippen LogP contribution is 2.18. The Kier molecular flexibility index (Phi) is 4.99. The van der Waals surface area contributed by atoms with Gasteiger partial charge in [0, 0.05) is 12.4 Å². The topological polar surface area (TPSA) is 89.4 Å². The molecule has 0 amide bonds. The number of halogens is 1. The van der Waals surface area contributed by atoms with Gasteiger partial charge in [-0.25, -0.2) is 9.97 Å². The van der Waals surface area contributed by atoms with Gasteiger partial charge in [0.25, 0.3) is 0 Å². The highest BCUT2D eigenvalue weighted by Gasteiger charge is 2.33. The molecule has 0 radical (unpaired) electrons. The van der Waals surface area contributed by atoms with E-state index in [0.29, 0.717) is 4.47 Å². The van der Waals surface area contributed by atoms with E-state index >= 15 is 0 Å². The van der Waals surface area contributed by atoms with Crippen LogP contribution in [0.1, 0.15) is 32.5 Å². The Bertz CT molecular complexity index is 468. The van der Waals surface area contributed by atoms with Crippen LogP contribution in [-0.2, 0) is 14.3 Å². The van der Waals surface area contributed by atoms with Crippen LogP contribution in [0.5, 0.6) is 0 Å². The van der Waals surface area contributed by atoms with E-state index in [1.54, 1.807) is 0 Å². The number of esters is 1. The molecule has 6 nitrogen and oxygen atoms in total. The third-order valence-electron chi connectivity index (χ3n) is 2.03. The summed E-state index contributed by atoms with van der Waals surface area (Å²) in [4.78, 5) is 30.6. The molecule has 0 aliphatic rings. The monoisotopic (exact) mass is 330 g/mol. The van der Waals surface area contributed by atoms with Crippen molar-refractivity contribution in [3.8, 4) is 0 Å². The molecule has 104 valence electrons. The van der Waals surface area contributed by atoms with Gasteiger partial charge in [-0.05, 0) is 21.3 Å². The van der Waals surface area contributed by atoms with Gasteiger partial charge < -0.3 is 9.84 Å². The van der Waals surface area contributed by atoms with E-state index in [1.165, 1.54) is 12.4 Å². The summed E-state index contributed by atoms with van der Waals surface area (Å²) in [6.45, 7) is 5.77. The van der Waals surface area contributed by atoms with Gasteiger partial charge >= 0.3 is 11.9 Å². The normalized spacial score (nSPS) is 12.8. The average molecular weight is 331 g/mol. The van der Waals surface area contributed by atoms with E-state index < -0.39 is 17.9 Å². The van der Waals surface area contributed by atoms with Crippen molar-refractivity contribution in [2.24, 2.45) is 5.41 Å². The lowest BCUT2D eigenvalue weighted by Crippen LogP contribution is -2.28. The Morgan fingerprint density at radius 2 is 1.89 bits per heavy atom. The Hall–Kier alpha value is -1.50. The van der Waals surface area contributed by atoms with E-state index in [4.69, 9.17) is 9.84 Å². The molecule has 1 rings (SSSR count). The largest absolute Gasteiger partial charge is 0.480 e. The SMILES string of the molecule is CC(C)(C)COC(=O)C(C(=O)O)c1ncc(Br)cn1. The molecule has 0 saturated carbocycles. The first-order valence-corrected chi connectivity index (χ1v) is 6.37. The second kappa shape index (κ2) is 6.10. The van der Waals surface area contributed by atoms with Gasteiger partial charge in [0.15, 0.2) is 5.82 Å². The van der Waals surface area contributed by atoms with Gasteiger partial charge in [-0.3, -0.25) is 9.59 Å². The molecule has 7 heteroatoms. The number of carbonyl (C=O) groups excluding carboxylic acids is 1. The maximum atomic E-state index is 11.8. The number of nitrogens with zero attached hydrogens (tertiary/aromatic N) is 2. The Morgan fingerprint density at radius 1 is 1.37 bits per heavy atom. The third kappa shape index (κ3) is 4.94. The van der Waals surface area contributed by atoms with Crippen molar-refractivity contribution in [2.75, 3.05) is 6.61 Å². The molecule has 1 unspecified atom stereocenters. The van der Waals surface area contributed by atoms with Crippen molar-refractivity contribution in [3.63, 3.8) is 0 Å². The Labute approximate surface area is 119 Å². The zero-order valence-corrected chi connectivity index (χ0v) is 12.5. The number of aromatic nitrogens is 2. The number of rotatable bonds is 4. The van der Waals surface area contributed by atoms with Gasteiger partial charge in [-0.2, -0.15) is 0 Å². The number of carboxylic acid groups (broad SMARTS) is 1. The molecule has 19 heavy (non-hydrogen) atoms. The van der Waals surface area contributed by atoms with Crippen LogP contribution in [0, 0.1) is 5.41 Å². The first-order chi connectivity index (χ1) is 8.70. The van der Waals surface area contributed by atoms with Crippen molar-refractivity contribution in [2.45, 2.75) is 26.7 Å². The van der Waals surface area contributed by atoms with Crippen molar-refractivity contribution in [1.82, 2.24) is 9.97 Å². The highest BCUT2D eigenvalue weighted by atomic mass is 79.9. The molecule has 0 aromatic carbocycles. The lowest BCUT2D eigenvalue weighted by Gasteiger charge is -2.19. The lowest BCUT2D eigenvalue weighted by molar-refractivity contribution is -0.156. The van der Waals surface area contributed by atoms with Crippen LogP contribution in [-0.4, -0.2) is 33.6 Å². The van der Waals surface area contributed by atoms with Gasteiger partial charge in [0.2, 0.25) is 5.92 Å². The first kappa shape index (κ1) is 15.6. The second-order valence-corrected chi connectivity index (χ2v) is 6.11. The summed E-state index contributed by atoms with van der Waals surface area (Å²) in [5.41, 5.74) is -0.237. The molecule has 0 saturated heterocycles. The molecular formula is C12H15BrN2O4. The summed E-state index contributed by atoms with van der Waals surface area (Å²) in [6, 6.07) is 0. The number of carboxylic acids is 1. The number of hydrogen-bond acceptors (Lipinski definition) is 5. The van der Waals surface area contributed by atoms with Crippen LogP contribution in [0.15, 0.2) is 16.9 Å². The van der Waals surface area contributed by atoms with E-state index in [2.05, 4.69) is 25.9 Å². The molecule has 0 aliphatic carbocycles. The Balaban J connectivity index is 2.86. The molecule has 1 aromatic rings. The molecule has 1 N–H and O–H groups in total. The van der Waals surface area contributed by atoms with Crippen LogP contribution in [0.2, 0.25) is 0 Å². The van der Waals surface area contributed by atoms with Gasteiger partial charge in [0.1, 0.15) is 0 Å². The van der Waals surface area contributed by atoms with Crippen molar-refractivity contribution >= 4 is 27.9 Å². The first-order valence-electron chi connectivity index (χ1n) is 5.57. The quantitative estimate of drug-likeness (QED) is 0.670. The molecule has 0 aliphatic heterocycles. The molecular weight excluding hydrogens is 316 g/mol. The van der Waals surface area contributed by atoms with E-state index in [-0.39, 0.29) is 17.8 Å². The average Bonchev–Trinajstić information content (AvgIpc) is 2.28. The van der Waals surface area contributed by atoms with E-state index in [1.807, 2.05) is 20.8 Å². The minimum atomic E-state index is -1.50. The number of hydrogen-bond donors (Lipinski definition) is 1. The summed E-state index contributed by atoms with van der Waals surface area (Å²) >= 11 is 3.14. The maximum absolute atomic E-state index is 11.8.